The number of benzene rings is 2. The lowest BCUT2D eigenvalue weighted by atomic mass is 9.88. The van der Waals surface area contributed by atoms with Crippen LogP contribution in [-0.2, 0) is 20.7 Å². The summed E-state index contributed by atoms with van der Waals surface area (Å²) in [6.07, 6.45) is 0.0542. The SMILES string of the molecule is CC(C)(C)OC(=O)NC1(C(=O)N[C@H](C#N)Cc2ccc(-c3ccc(F)c(C#N)c3)cc2)CCOCC1. The van der Waals surface area contributed by atoms with Crippen LogP contribution in [0.1, 0.15) is 44.7 Å². The Morgan fingerprint density at radius 2 is 1.75 bits per heavy atom. The third kappa shape index (κ3) is 6.80. The third-order valence-corrected chi connectivity index (χ3v) is 5.80. The van der Waals surface area contributed by atoms with E-state index in [9.17, 15) is 19.2 Å². The Labute approximate surface area is 210 Å². The minimum Gasteiger partial charge on any atom is -0.444 e. The van der Waals surface area contributed by atoms with E-state index in [1.807, 2.05) is 30.3 Å². The summed E-state index contributed by atoms with van der Waals surface area (Å²) in [5.74, 6) is -1.04. The molecule has 0 aromatic heterocycles. The summed E-state index contributed by atoms with van der Waals surface area (Å²) in [7, 11) is 0. The van der Waals surface area contributed by atoms with Crippen LogP contribution in [0.5, 0.6) is 0 Å². The van der Waals surface area contributed by atoms with E-state index < -0.39 is 35.0 Å². The van der Waals surface area contributed by atoms with Gasteiger partial charge in [-0.3, -0.25) is 4.79 Å². The Kier molecular flexibility index (Phi) is 8.29. The molecule has 1 saturated heterocycles. The lowest BCUT2D eigenvalue weighted by Crippen LogP contribution is -2.63. The highest BCUT2D eigenvalue weighted by atomic mass is 19.1. The number of rotatable bonds is 6. The van der Waals surface area contributed by atoms with E-state index in [2.05, 4.69) is 16.7 Å². The Balaban J connectivity index is 1.70. The van der Waals surface area contributed by atoms with Crippen LogP contribution in [0, 0.1) is 28.5 Å². The zero-order valence-electron chi connectivity index (χ0n) is 20.6. The summed E-state index contributed by atoms with van der Waals surface area (Å²) in [5.41, 5.74) is 0.286. The molecule has 0 aliphatic carbocycles. The number of nitrogens with zero attached hydrogens (tertiary/aromatic N) is 2. The van der Waals surface area contributed by atoms with Crippen LogP contribution < -0.4 is 10.6 Å². The first-order chi connectivity index (χ1) is 17.0. The number of carbonyl (C=O) groups is 2. The van der Waals surface area contributed by atoms with E-state index in [-0.39, 0.29) is 24.8 Å². The Morgan fingerprint density at radius 1 is 1.11 bits per heavy atom. The van der Waals surface area contributed by atoms with E-state index in [4.69, 9.17) is 14.7 Å². The molecule has 2 amide bonds. The standard InChI is InChI=1S/C27H29FN4O4/c1-26(2,3)36-25(34)32-27(10-12-35-13-11-27)24(33)31-22(17-30)14-18-4-6-19(7-5-18)20-8-9-23(28)21(15-20)16-29/h4-9,15,22H,10-14H2,1-3H3,(H,31,33)(H,32,34)/t22-/m0/s1. The second-order valence-corrected chi connectivity index (χ2v) is 9.68. The molecule has 2 aromatic carbocycles. The smallest absolute Gasteiger partial charge is 0.408 e. The predicted molar refractivity (Wildman–Crippen MR) is 130 cm³/mol. The van der Waals surface area contributed by atoms with Crippen LogP contribution in [0.4, 0.5) is 9.18 Å². The molecule has 8 nitrogen and oxygen atoms in total. The summed E-state index contributed by atoms with van der Waals surface area (Å²) in [4.78, 5) is 25.7. The summed E-state index contributed by atoms with van der Waals surface area (Å²) in [6.45, 7) is 5.79. The molecule has 3 rings (SSSR count). The van der Waals surface area contributed by atoms with Gasteiger partial charge in [0.05, 0.1) is 11.6 Å². The first-order valence-electron chi connectivity index (χ1n) is 11.6. The predicted octanol–water partition coefficient (Wildman–Crippen LogP) is 3.99. The molecule has 2 N–H and O–H groups in total. The van der Waals surface area contributed by atoms with Crippen LogP contribution in [0.25, 0.3) is 11.1 Å². The number of hydrogen-bond donors (Lipinski definition) is 2. The fourth-order valence-corrected chi connectivity index (χ4v) is 3.91. The van der Waals surface area contributed by atoms with Crippen molar-refractivity contribution in [3.63, 3.8) is 0 Å². The topological polar surface area (TPSA) is 124 Å². The molecule has 1 fully saturated rings. The van der Waals surface area contributed by atoms with Gasteiger partial charge in [-0.05, 0) is 49.6 Å². The number of ether oxygens (including phenoxy) is 2. The van der Waals surface area contributed by atoms with Crippen molar-refractivity contribution in [1.82, 2.24) is 10.6 Å². The van der Waals surface area contributed by atoms with Crippen LogP contribution in [0.15, 0.2) is 42.5 Å². The number of nitrogens with one attached hydrogen (secondary N) is 2. The average molecular weight is 493 g/mol. The van der Waals surface area contributed by atoms with Gasteiger partial charge in [0, 0.05) is 32.5 Å². The van der Waals surface area contributed by atoms with Gasteiger partial charge in [-0.15, -0.1) is 0 Å². The summed E-state index contributed by atoms with van der Waals surface area (Å²) in [5, 5.41) is 24.2. The molecule has 0 unspecified atom stereocenters. The van der Waals surface area contributed by atoms with Crippen molar-refractivity contribution in [3.8, 4) is 23.3 Å². The van der Waals surface area contributed by atoms with Crippen molar-refractivity contribution in [1.29, 1.82) is 10.5 Å². The number of nitriles is 2. The van der Waals surface area contributed by atoms with Crippen molar-refractivity contribution in [3.05, 3.63) is 59.4 Å². The molecule has 1 aliphatic rings. The summed E-state index contributed by atoms with van der Waals surface area (Å²) < 4.78 is 24.3. The van der Waals surface area contributed by atoms with Crippen LogP contribution in [-0.4, -0.2) is 42.4 Å². The summed E-state index contributed by atoms with van der Waals surface area (Å²) in [6, 6.07) is 14.7. The lowest BCUT2D eigenvalue weighted by molar-refractivity contribution is -0.132. The molecule has 1 aliphatic heterocycles. The average Bonchev–Trinajstić information content (AvgIpc) is 2.83. The van der Waals surface area contributed by atoms with Crippen molar-refractivity contribution in [2.75, 3.05) is 13.2 Å². The number of hydrogen-bond acceptors (Lipinski definition) is 6. The quantitative estimate of drug-likeness (QED) is 0.628. The van der Waals surface area contributed by atoms with Gasteiger partial charge in [-0.2, -0.15) is 10.5 Å². The molecule has 0 spiro atoms. The lowest BCUT2D eigenvalue weighted by Gasteiger charge is -2.37. The second-order valence-electron chi connectivity index (χ2n) is 9.68. The highest BCUT2D eigenvalue weighted by molar-refractivity contribution is 5.90. The number of halogens is 1. The highest BCUT2D eigenvalue weighted by Crippen LogP contribution is 2.24. The molecule has 0 bridgehead atoms. The maximum absolute atomic E-state index is 13.6. The molecular formula is C27H29FN4O4. The van der Waals surface area contributed by atoms with Gasteiger partial charge in [-0.1, -0.05) is 30.3 Å². The maximum atomic E-state index is 13.6. The molecule has 1 atom stereocenters. The van der Waals surface area contributed by atoms with Gasteiger partial charge < -0.3 is 20.1 Å². The molecule has 188 valence electrons. The van der Waals surface area contributed by atoms with E-state index >= 15 is 0 Å². The van der Waals surface area contributed by atoms with Crippen molar-refractivity contribution in [2.24, 2.45) is 0 Å². The van der Waals surface area contributed by atoms with Crippen LogP contribution in [0.2, 0.25) is 0 Å². The van der Waals surface area contributed by atoms with Crippen LogP contribution in [0.3, 0.4) is 0 Å². The fraction of sp³-hybridized carbons (Fsp3) is 0.407. The van der Waals surface area contributed by atoms with Crippen molar-refractivity contribution < 1.29 is 23.5 Å². The summed E-state index contributed by atoms with van der Waals surface area (Å²) >= 11 is 0. The Hall–Kier alpha value is -3.95. The van der Waals surface area contributed by atoms with Gasteiger partial charge in [0.1, 0.15) is 29.1 Å². The first-order valence-corrected chi connectivity index (χ1v) is 11.6. The van der Waals surface area contributed by atoms with Crippen molar-refractivity contribution in [2.45, 2.75) is 57.2 Å². The monoisotopic (exact) mass is 492 g/mol. The van der Waals surface area contributed by atoms with Gasteiger partial charge >= 0.3 is 6.09 Å². The van der Waals surface area contributed by atoms with E-state index in [0.29, 0.717) is 18.8 Å². The zero-order chi connectivity index (χ0) is 26.3. The highest BCUT2D eigenvalue weighted by Gasteiger charge is 2.43. The minimum atomic E-state index is -1.24. The molecule has 2 aromatic rings. The van der Waals surface area contributed by atoms with Crippen LogP contribution >= 0.6 is 0 Å². The minimum absolute atomic E-state index is 0.0362. The third-order valence-electron chi connectivity index (χ3n) is 5.80. The van der Waals surface area contributed by atoms with Crippen molar-refractivity contribution >= 4 is 12.0 Å². The molecule has 1 heterocycles. The normalized spacial score (nSPS) is 15.6. The Bertz CT molecular complexity index is 1190. The Morgan fingerprint density at radius 3 is 2.33 bits per heavy atom. The van der Waals surface area contributed by atoms with Gasteiger partial charge in [0.25, 0.3) is 0 Å². The largest absolute Gasteiger partial charge is 0.444 e. The number of alkyl carbamates (subject to hydrolysis) is 1. The molecule has 0 radical (unpaired) electrons. The molecule has 0 saturated carbocycles. The molecule has 9 heteroatoms. The fourth-order valence-electron chi connectivity index (χ4n) is 3.91. The van der Waals surface area contributed by atoms with Gasteiger partial charge in [-0.25, -0.2) is 9.18 Å². The molecular weight excluding hydrogens is 463 g/mol. The number of carbonyl (C=O) groups excluding carboxylic acids is 2. The maximum Gasteiger partial charge on any atom is 0.408 e. The first kappa shape index (κ1) is 26.7. The van der Waals surface area contributed by atoms with E-state index in [1.165, 1.54) is 12.1 Å². The van der Waals surface area contributed by atoms with Gasteiger partial charge in [0.15, 0.2) is 0 Å². The zero-order valence-corrected chi connectivity index (χ0v) is 20.6. The second kappa shape index (κ2) is 11.2. The molecule has 36 heavy (non-hydrogen) atoms. The van der Waals surface area contributed by atoms with Gasteiger partial charge in [0.2, 0.25) is 5.91 Å². The number of amides is 2. The van der Waals surface area contributed by atoms with E-state index in [1.54, 1.807) is 26.8 Å². The van der Waals surface area contributed by atoms with E-state index in [0.717, 1.165) is 11.1 Å².